The molecule has 0 unspecified atom stereocenters. The van der Waals surface area contributed by atoms with Crippen molar-refractivity contribution in [3.05, 3.63) is 107 Å². The van der Waals surface area contributed by atoms with Gasteiger partial charge in [0.2, 0.25) is 5.91 Å². The number of hydrogen-bond donors (Lipinski definition) is 3. The van der Waals surface area contributed by atoms with Crippen LogP contribution in [0.5, 0.6) is 0 Å². The second-order valence-electron chi connectivity index (χ2n) is 8.82. The SMILES string of the molecule is CCc1cccc(CNC[C@H](O)[C@H](Cc2cc(F)cc(F)c2)NC(=O)CCC(=O)c2ccccc2)c1. The topological polar surface area (TPSA) is 78.4 Å². The first-order valence-electron chi connectivity index (χ1n) is 12.1. The van der Waals surface area contributed by atoms with Gasteiger partial charge in [0, 0.05) is 37.6 Å². The Morgan fingerprint density at radius 3 is 2.25 bits per heavy atom. The fourth-order valence-electron chi connectivity index (χ4n) is 4.01. The second-order valence-corrected chi connectivity index (χ2v) is 8.82. The number of amides is 1. The van der Waals surface area contributed by atoms with Gasteiger partial charge < -0.3 is 15.7 Å². The average molecular weight is 495 g/mol. The Bertz CT molecular complexity index is 1130. The highest BCUT2D eigenvalue weighted by molar-refractivity contribution is 5.97. The zero-order valence-corrected chi connectivity index (χ0v) is 20.3. The number of aliphatic hydroxyl groups excluding tert-OH is 1. The standard InChI is InChI=1S/C29H32F2N2O3/c1-2-20-7-6-8-21(13-20)18-32-19-28(35)26(16-22-14-24(30)17-25(31)15-22)33-29(36)12-11-27(34)23-9-4-3-5-10-23/h3-10,13-15,17,26,28,32,35H,2,11-12,16,18-19H2,1H3,(H,33,36)/t26-,28-/m0/s1. The Balaban J connectivity index is 1.62. The molecule has 0 aromatic heterocycles. The van der Waals surface area contributed by atoms with Crippen molar-refractivity contribution in [1.82, 2.24) is 10.6 Å². The van der Waals surface area contributed by atoms with Crippen molar-refractivity contribution < 1.29 is 23.5 Å². The van der Waals surface area contributed by atoms with Crippen LogP contribution in [0.25, 0.3) is 0 Å². The Morgan fingerprint density at radius 2 is 1.56 bits per heavy atom. The van der Waals surface area contributed by atoms with Gasteiger partial charge in [-0.25, -0.2) is 8.78 Å². The number of nitrogens with one attached hydrogen (secondary N) is 2. The van der Waals surface area contributed by atoms with Gasteiger partial charge in [0.05, 0.1) is 12.1 Å². The van der Waals surface area contributed by atoms with E-state index >= 15 is 0 Å². The molecule has 0 heterocycles. The fraction of sp³-hybridized carbons (Fsp3) is 0.310. The van der Waals surface area contributed by atoms with E-state index in [0.717, 1.165) is 18.1 Å². The molecule has 0 saturated heterocycles. The molecule has 7 heteroatoms. The minimum absolute atomic E-state index is 0.0132. The van der Waals surface area contributed by atoms with Crippen LogP contribution in [0.2, 0.25) is 0 Å². The number of Topliss-reactive ketones (excluding diaryl/α,β-unsaturated/α-hetero) is 1. The van der Waals surface area contributed by atoms with Gasteiger partial charge in [-0.05, 0) is 41.7 Å². The highest BCUT2D eigenvalue weighted by Gasteiger charge is 2.23. The molecule has 3 rings (SSSR count). The zero-order chi connectivity index (χ0) is 25.9. The summed E-state index contributed by atoms with van der Waals surface area (Å²) >= 11 is 0. The largest absolute Gasteiger partial charge is 0.390 e. The summed E-state index contributed by atoms with van der Waals surface area (Å²) in [6.07, 6.45) is -0.132. The molecular weight excluding hydrogens is 462 g/mol. The zero-order valence-electron chi connectivity index (χ0n) is 20.3. The molecule has 0 spiro atoms. The molecule has 5 nitrogen and oxygen atoms in total. The number of aryl methyl sites for hydroxylation is 1. The summed E-state index contributed by atoms with van der Waals surface area (Å²) in [4.78, 5) is 25.0. The second kappa shape index (κ2) is 13.6. The van der Waals surface area contributed by atoms with Gasteiger partial charge in [-0.1, -0.05) is 61.5 Å². The molecule has 0 bridgehead atoms. The molecule has 0 fully saturated rings. The third-order valence-corrected chi connectivity index (χ3v) is 5.95. The highest BCUT2D eigenvalue weighted by Crippen LogP contribution is 2.13. The van der Waals surface area contributed by atoms with Crippen molar-refractivity contribution in [2.24, 2.45) is 0 Å². The lowest BCUT2D eigenvalue weighted by atomic mass is 10.00. The maximum absolute atomic E-state index is 13.7. The first-order chi connectivity index (χ1) is 17.3. The summed E-state index contributed by atoms with van der Waals surface area (Å²) < 4.78 is 27.5. The minimum Gasteiger partial charge on any atom is -0.390 e. The van der Waals surface area contributed by atoms with Gasteiger partial charge in [-0.15, -0.1) is 0 Å². The summed E-state index contributed by atoms with van der Waals surface area (Å²) in [6.45, 7) is 2.75. The molecule has 3 aromatic rings. The third kappa shape index (κ3) is 8.66. The first kappa shape index (κ1) is 27.2. The maximum atomic E-state index is 13.7. The van der Waals surface area contributed by atoms with E-state index in [4.69, 9.17) is 0 Å². The van der Waals surface area contributed by atoms with E-state index in [9.17, 15) is 23.5 Å². The summed E-state index contributed by atoms with van der Waals surface area (Å²) in [5.41, 5.74) is 3.10. The summed E-state index contributed by atoms with van der Waals surface area (Å²) in [6, 6.07) is 19.1. The smallest absolute Gasteiger partial charge is 0.220 e. The lowest BCUT2D eigenvalue weighted by molar-refractivity contribution is -0.122. The molecule has 0 aliphatic carbocycles. The van der Waals surface area contributed by atoms with Gasteiger partial charge in [-0.2, -0.15) is 0 Å². The molecule has 0 radical (unpaired) electrons. The van der Waals surface area contributed by atoms with Crippen LogP contribution in [0, 0.1) is 11.6 Å². The predicted molar refractivity (Wildman–Crippen MR) is 136 cm³/mol. The Kier molecular flexibility index (Phi) is 10.3. The minimum atomic E-state index is -1.03. The number of carbonyl (C=O) groups is 2. The van der Waals surface area contributed by atoms with Gasteiger partial charge in [0.15, 0.2) is 5.78 Å². The molecule has 0 aliphatic rings. The van der Waals surface area contributed by atoms with Crippen LogP contribution >= 0.6 is 0 Å². The van der Waals surface area contributed by atoms with Crippen LogP contribution in [0.4, 0.5) is 8.78 Å². The van der Waals surface area contributed by atoms with E-state index in [0.29, 0.717) is 17.7 Å². The molecule has 2 atom stereocenters. The number of halogens is 2. The van der Waals surface area contributed by atoms with Gasteiger partial charge in [0.1, 0.15) is 11.6 Å². The third-order valence-electron chi connectivity index (χ3n) is 5.95. The van der Waals surface area contributed by atoms with E-state index in [2.05, 4.69) is 23.6 Å². The van der Waals surface area contributed by atoms with Crippen LogP contribution in [-0.4, -0.2) is 35.5 Å². The van der Waals surface area contributed by atoms with Crippen LogP contribution in [0.1, 0.15) is 46.8 Å². The normalized spacial score (nSPS) is 12.7. The maximum Gasteiger partial charge on any atom is 0.220 e. The molecule has 36 heavy (non-hydrogen) atoms. The highest BCUT2D eigenvalue weighted by atomic mass is 19.1. The van der Waals surface area contributed by atoms with Crippen molar-refractivity contribution >= 4 is 11.7 Å². The Labute approximate surface area is 210 Å². The van der Waals surface area contributed by atoms with E-state index in [1.54, 1.807) is 30.3 Å². The summed E-state index contributed by atoms with van der Waals surface area (Å²) in [5, 5.41) is 16.8. The molecule has 1 amide bonds. The van der Waals surface area contributed by atoms with Gasteiger partial charge in [0.25, 0.3) is 0 Å². The molecule has 0 saturated carbocycles. The predicted octanol–water partition coefficient (Wildman–Crippen LogP) is 4.37. The van der Waals surface area contributed by atoms with Crippen LogP contribution < -0.4 is 10.6 Å². The van der Waals surface area contributed by atoms with E-state index < -0.39 is 29.7 Å². The monoisotopic (exact) mass is 494 g/mol. The number of ketones is 1. The van der Waals surface area contributed by atoms with Crippen LogP contribution in [0.3, 0.4) is 0 Å². The molecule has 3 aromatic carbocycles. The Hall–Kier alpha value is -3.42. The van der Waals surface area contributed by atoms with Crippen molar-refractivity contribution in [1.29, 1.82) is 0 Å². The van der Waals surface area contributed by atoms with Crippen molar-refractivity contribution in [3.8, 4) is 0 Å². The van der Waals surface area contributed by atoms with E-state index in [-0.39, 0.29) is 31.6 Å². The summed E-state index contributed by atoms with van der Waals surface area (Å²) in [5.74, 6) is -2.04. The lowest BCUT2D eigenvalue weighted by Crippen LogP contribution is -2.48. The number of aliphatic hydroxyl groups is 1. The van der Waals surface area contributed by atoms with Crippen molar-refractivity contribution in [2.75, 3.05) is 6.54 Å². The van der Waals surface area contributed by atoms with E-state index in [1.807, 2.05) is 18.2 Å². The molecule has 0 aliphatic heterocycles. The van der Waals surface area contributed by atoms with Crippen molar-refractivity contribution in [3.63, 3.8) is 0 Å². The quantitative estimate of drug-likeness (QED) is 0.309. The number of carbonyl (C=O) groups excluding carboxylic acids is 2. The molecule has 3 N–H and O–H groups in total. The Morgan fingerprint density at radius 1 is 0.861 bits per heavy atom. The molecular formula is C29H32F2N2O3. The number of hydrogen-bond acceptors (Lipinski definition) is 4. The first-order valence-corrected chi connectivity index (χ1v) is 12.1. The summed E-state index contributed by atoms with van der Waals surface area (Å²) in [7, 11) is 0. The average Bonchev–Trinajstić information content (AvgIpc) is 2.87. The van der Waals surface area contributed by atoms with Gasteiger partial charge >= 0.3 is 0 Å². The van der Waals surface area contributed by atoms with Crippen LogP contribution in [-0.2, 0) is 24.2 Å². The van der Waals surface area contributed by atoms with Crippen LogP contribution in [0.15, 0.2) is 72.8 Å². The fourth-order valence-corrected chi connectivity index (χ4v) is 4.01. The number of benzene rings is 3. The van der Waals surface area contributed by atoms with Gasteiger partial charge in [-0.3, -0.25) is 9.59 Å². The lowest BCUT2D eigenvalue weighted by Gasteiger charge is -2.25. The molecule has 190 valence electrons. The van der Waals surface area contributed by atoms with Crippen molar-refractivity contribution in [2.45, 2.75) is 51.3 Å². The number of rotatable bonds is 13. The van der Waals surface area contributed by atoms with E-state index in [1.165, 1.54) is 17.7 Å².